The lowest BCUT2D eigenvalue weighted by Crippen LogP contribution is -2.44. The minimum Gasteiger partial charge on any atom is -0.545 e. The number of carboxylic acid groups (broad SMARTS) is 1. The molecule has 0 radical (unpaired) electrons. The summed E-state index contributed by atoms with van der Waals surface area (Å²) in [5.41, 5.74) is 0. The highest BCUT2D eigenvalue weighted by atomic mass is 16.7. The summed E-state index contributed by atoms with van der Waals surface area (Å²) in [6, 6.07) is 0. The summed E-state index contributed by atoms with van der Waals surface area (Å²) in [5.74, 6) is -2.26. The van der Waals surface area contributed by atoms with Crippen LogP contribution in [0.15, 0.2) is 85.1 Å². The number of esters is 2. The Morgan fingerprint density at radius 3 is 0.895 bits per heavy atom. The average molecular weight is 1330 g/mol. The molecule has 0 bridgehead atoms. The van der Waals surface area contributed by atoms with Gasteiger partial charge in [0.15, 0.2) is 12.4 Å². The van der Waals surface area contributed by atoms with Gasteiger partial charge in [-0.15, -0.1) is 0 Å². The average Bonchev–Trinajstić information content (AvgIpc) is 2.92. The fourth-order valence-corrected chi connectivity index (χ4v) is 12.0. The molecule has 0 heterocycles. The van der Waals surface area contributed by atoms with Crippen LogP contribution in [0, 0.1) is 0 Å². The first-order valence-corrected chi connectivity index (χ1v) is 40.7. The summed E-state index contributed by atoms with van der Waals surface area (Å²) in [5, 5.41) is 11.9. The summed E-state index contributed by atoms with van der Waals surface area (Å²) < 4.78 is 22.9. The van der Waals surface area contributed by atoms with Crippen LogP contribution in [0.2, 0.25) is 0 Å². The van der Waals surface area contributed by atoms with Crippen molar-refractivity contribution in [1.82, 2.24) is 0 Å². The normalized spacial score (nSPS) is 13.1. The third kappa shape index (κ3) is 77.7. The zero-order valence-corrected chi connectivity index (χ0v) is 63.3. The van der Waals surface area contributed by atoms with Gasteiger partial charge in [-0.05, 0) is 70.6 Å². The summed E-state index contributed by atoms with van der Waals surface area (Å²) in [7, 11) is 5.95. The van der Waals surface area contributed by atoms with Gasteiger partial charge in [-0.3, -0.25) is 9.59 Å². The molecule has 0 aromatic rings. The maximum Gasteiger partial charge on any atom is 0.306 e. The SMILES string of the molecule is CC/C=C\C/C=C\C/C=C\C/C=C\C/C=C\C/C=C\C/C=C\CCCCCCCCCCCCCCCCCCCC(=O)OC(COC(=O)CCCCCCCCCCCCCCCCCCCCCCCCCCCCCCCCC)COC(OCC[N+](C)(C)C)C(=O)[O-]. The third-order valence-corrected chi connectivity index (χ3v) is 18.2. The van der Waals surface area contributed by atoms with E-state index < -0.39 is 24.3 Å². The van der Waals surface area contributed by atoms with E-state index in [0.717, 1.165) is 77.0 Å². The first kappa shape index (κ1) is 91.5. The molecule has 552 valence electrons. The van der Waals surface area contributed by atoms with E-state index in [1.807, 2.05) is 21.1 Å². The van der Waals surface area contributed by atoms with Crippen molar-refractivity contribution in [3.8, 4) is 0 Å². The Morgan fingerprint density at radius 2 is 0.600 bits per heavy atom. The van der Waals surface area contributed by atoms with Gasteiger partial charge < -0.3 is 33.3 Å². The number of hydrogen-bond donors (Lipinski definition) is 0. The van der Waals surface area contributed by atoms with Crippen LogP contribution in [0.4, 0.5) is 0 Å². The highest BCUT2D eigenvalue weighted by Gasteiger charge is 2.22. The topological polar surface area (TPSA) is 111 Å². The van der Waals surface area contributed by atoms with Gasteiger partial charge in [0.05, 0.1) is 40.3 Å². The zero-order valence-electron chi connectivity index (χ0n) is 63.3. The van der Waals surface area contributed by atoms with Crippen molar-refractivity contribution in [2.24, 2.45) is 0 Å². The largest absolute Gasteiger partial charge is 0.545 e. The van der Waals surface area contributed by atoms with E-state index in [1.165, 1.54) is 276 Å². The molecule has 2 unspecified atom stereocenters. The number of hydrogen-bond acceptors (Lipinski definition) is 8. The Morgan fingerprint density at radius 1 is 0.326 bits per heavy atom. The minimum absolute atomic E-state index is 0.148. The Hall–Kier alpha value is -3.53. The van der Waals surface area contributed by atoms with Crippen molar-refractivity contribution in [1.29, 1.82) is 0 Å². The molecule has 95 heavy (non-hydrogen) atoms. The number of unbranched alkanes of at least 4 members (excludes halogenated alkanes) is 47. The minimum atomic E-state index is -1.62. The monoisotopic (exact) mass is 1330 g/mol. The lowest BCUT2D eigenvalue weighted by atomic mass is 10.0. The molecule has 2 atom stereocenters. The third-order valence-electron chi connectivity index (χ3n) is 18.2. The second-order valence-corrected chi connectivity index (χ2v) is 28.7. The molecule has 0 aliphatic heterocycles. The van der Waals surface area contributed by atoms with Gasteiger partial charge in [0.1, 0.15) is 13.2 Å². The zero-order chi connectivity index (χ0) is 69.0. The molecule has 0 aliphatic rings. The van der Waals surface area contributed by atoms with E-state index in [-0.39, 0.29) is 32.2 Å². The lowest BCUT2D eigenvalue weighted by molar-refractivity contribution is -0.870. The second kappa shape index (κ2) is 76.2. The fourth-order valence-electron chi connectivity index (χ4n) is 12.0. The summed E-state index contributed by atoms with van der Waals surface area (Å²) >= 11 is 0. The number of aliphatic carboxylic acids is 1. The maximum absolute atomic E-state index is 13.0. The number of quaternary nitrogens is 1. The van der Waals surface area contributed by atoms with Crippen molar-refractivity contribution in [3.63, 3.8) is 0 Å². The number of carboxylic acids is 1. The first-order valence-electron chi connectivity index (χ1n) is 40.7. The lowest BCUT2D eigenvalue weighted by Gasteiger charge is -2.26. The summed E-state index contributed by atoms with van der Waals surface area (Å²) in [6.07, 6.45) is 101. The summed E-state index contributed by atoms with van der Waals surface area (Å²) in [4.78, 5) is 37.6. The van der Waals surface area contributed by atoms with E-state index >= 15 is 0 Å². The van der Waals surface area contributed by atoms with Crippen molar-refractivity contribution in [2.75, 3.05) is 47.5 Å². The molecular weight excluding hydrogens is 1170 g/mol. The summed E-state index contributed by atoms with van der Waals surface area (Å²) in [6.45, 7) is 4.70. The Kier molecular flexibility index (Phi) is 73.4. The van der Waals surface area contributed by atoms with Crippen LogP contribution in [0.1, 0.15) is 386 Å². The van der Waals surface area contributed by atoms with Crippen LogP contribution >= 0.6 is 0 Å². The van der Waals surface area contributed by atoms with Crippen LogP contribution in [-0.2, 0) is 33.3 Å². The number of ether oxygens (including phenoxy) is 4. The fraction of sp³-hybridized carbons (Fsp3) is 0.802. The number of nitrogens with zero attached hydrogens (tertiary/aromatic N) is 1. The molecule has 9 nitrogen and oxygen atoms in total. The van der Waals surface area contributed by atoms with E-state index in [9.17, 15) is 19.5 Å². The smallest absolute Gasteiger partial charge is 0.306 e. The predicted octanol–water partition coefficient (Wildman–Crippen LogP) is 24.8. The van der Waals surface area contributed by atoms with Gasteiger partial charge >= 0.3 is 11.9 Å². The Bertz CT molecular complexity index is 1840. The number of allylic oxidation sites excluding steroid dienone is 14. The van der Waals surface area contributed by atoms with Gasteiger partial charge in [-0.2, -0.15) is 0 Å². The molecule has 0 aromatic carbocycles. The van der Waals surface area contributed by atoms with Crippen molar-refractivity contribution >= 4 is 17.9 Å². The predicted molar refractivity (Wildman–Crippen MR) is 408 cm³/mol. The maximum atomic E-state index is 13.0. The Balaban J connectivity index is 3.99. The van der Waals surface area contributed by atoms with E-state index in [2.05, 4.69) is 98.9 Å². The van der Waals surface area contributed by atoms with E-state index in [1.54, 1.807) is 0 Å². The molecule has 9 heteroatoms. The highest BCUT2D eigenvalue weighted by Crippen LogP contribution is 2.20. The number of carbonyl (C=O) groups is 3. The first-order chi connectivity index (χ1) is 46.6. The molecule has 0 saturated carbocycles. The highest BCUT2D eigenvalue weighted by molar-refractivity contribution is 5.70. The molecular formula is C86H155NO8. The van der Waals surface area contributed by atoms with Gasteiger partial charge in [-0.25, -0.2) is 0 Å². The van der Waals surface area contributed by atoms with Crippen LogP contribution in [0.3, 0.4) is 0 Å². The van der Waals surface area contributed by atoms with Crippen LogP contribution in [0.25, 0.3) is 0 Å². The molecule has 0 fully saturated rings. The molecule has 0 rings (SSSR count). The molecule has 0 aliphatic carbocycles. The molecule has 0 aromatic heterocycles. The number of likely N-dealkylation sites (N-methyl/N-ethyl adjacent to an activating group) is 1. The molecule has 0 saturated heterocycles. The van der Waals surface area contributed by atoms with Crippen molar-refractivity contribution in [2.45, 2.75) is 399 Å². The Labute approximate surface area is 589 Å². The van der Waals surface area contributed by atoms with Gasteiger partial charge in [-0.1, -0.05) is 388 Å². The standard InChI is InChI=1S/C86H155NO8/c1-6-8-10-12-14-16-18-20-22-24-26-28-30-32-34-36-38-39-40-41-42-43-44-45-47-49-51-53-55-57-59-61-63-65-67-69-71-73-75-77-84(89)95-82(81-94-86(85(90)91)92-79-78-87(3,4)5)80-93-83(88)76-74-72-70-68-66-64-62-60-58-56-54-52-50-48-46-37-35-33-31-29-27-25-23-21-19-17-15-13-11-9-7-2/h8,10,14,16,20,22,26,28,32,34,38-39,41-42,82,86H,6-7,9,11-13,15,17-19,21,23-25,27,29-31,33,35-37,40,43-81H2,1-5H3/b10-8-,16-14-,22-20-,28-26-,34-32-,39-38-,42-41-. The number of rotatable bonds is 76. The molecule has 0 spiro atoms. The molecule has 0 amide bonds. The van der Waals surface area contributed by atoms with Crippen LogP contribution < -0.4 is 5.11 Å². The van der Waals surface area contributed by atoms with Gasteiger partial charge in [0.25, 0.3) is 0 Å². The van der Waals surface area contributed by atoms with Gasteiger partial charge in [0, 0.05) is 12.8 Å². The van der Waals surface area contributed by atoms with Crippen LogP contribution in [0.5, 0.6) is 0 Å². The van der Waals surface area contributed by atoms with Crippen molar-refractivity contribution < 1.29 is 42.9 Å². The van der Waals surface area contributed by atoms with E-state index in [4.69, 9.17) is 18.9 Å². The quantitative estimate of drug-likeness (QED) is 0.0195. The van der Waals surface area contributed by atoms with Crippen molar-refractivity contribution in [3.05, 3.63) is 85.1 Å². The number of carbonyl (C=O) groups excluding carboxylic acids is 3. The second-order valence-electron chi connectivity index (χ2n) is 28.7. The van der Waals surface area contributed by atoms with E-state index in [0.29, 0.717) is 23.9 Å². The van der Waals surface area contributed by atoms with Gasteiger partial charge in [0.2, 0.25) is 0 Å². The molecule has 0 N–H and O–H groups in total. The van der Waals surface area contributed by atoms with Crippen LogP contribution in [-0.4, -0.2) is 82.3 Å².